The molecule has 4 nitrogen and oxygen atoms in total. The molecule has 2 aromatic rings. The summed E-state index contributed by atoms with van der Waals surface area (Å²) >= 11 is 5.06. The van der Waals surface area contributed by atoms with Crippen molar-refractivity contribution in [1.29, 1.82) is 0 Å². The van der Waals surface area contributed by atoms with Crippen molar-refractivity contribution in [2.24, 2.45) is 10.9 Å². The minimum atomic E-state index is -0.452. The number of amidine groups is 1. The molecule has 112 valence electrons. The molecule has 0 fully saturated rings. The molecule has 0 aliphatic rings. The Kier molecular flexibility index (Phi) is 5.33. The van der Waals surface area contributed by atoms with Gasteiger partial charge in [0.2, 0.25) is 0 Å². The molecule has 0 aliphatic carbocycles. The summed E-state index contributed by atoms with van der Waals surface area (Å²) in [5, 5.41) is 13.5. The molecule has 3 N–H and O–H groups in total. The fourth-order valence-corrected chi connectivity index (χ4v) is 3.53. The van der Waals surface area contributed by atoms with Gasteiger partial charge in [0.05, 0.1) is 5.56 Å². The zero-order valence-electron chi connectivity index (χ0n) is 11.4. The summed E-state index contributed by atoms with van der Waals surface area (Å²) < 4.78 is 15.4. The van der Waals surface area contributed by atoms with Gasteiger partial charge in [0.25, 0.3) is 0 Å². The summed E-state index contributed by atoms with van der Waals surface area (Å²) in [6, 6.07) is 6.93. The van der Waals surface area contributed by atoms with Crippen molar-refractivity contribution in [3.8, 4) is 0 Å². The number of thiophene rings is 1. The maximum Gasteiger partial charge on any atom is 0.173 e. The van der Waals surface area contributed by atoms with Crippen LogP contribution in [0.4, 0.5) is 4.39 Å². The van der Waals surface area contributed by atoms with E-state index in [1.807, 2.05) is 23.4 Å². The van der Waals surface area contributed by atoms with E-state index in [4.69, 9.17) is 10.9 Å². The van der Waals surface area contributed by atoms with Crippen LogP contribution in [0.5, 0.6) is 0 Å². The van der Waals surface area contributed by atoms with Crippen LogP contribution in [0.25, 0.3) is 0 Å². The Bertz CT molecular complexity index is 659. The number of hydrogen-bond donors (Lipinski definition) is 2. The van der Waals surface area contributed by atoms with Gasteiger partial charge in [-0.15, -0.1) is 11.3 Å². The first-order chi connectivity index (χ1) is 10.0. The second-order valence-corrected chi connectivity index (χ2v) is 6.58. The minimum absolute atomic E-state index is 0.113. The quantitative estimate of drug-likeness (QED) is 0.366. The van der Waals surface area contributed by atoms with Crippen LogP contribution in [0.2, 0.25) is 0 Å². The maximum atomic E-state index is 14.3. The third-order valence-corrected chi connectivity index (χ3v) is 4.63. The molecule has 1 heterocycles. The van der Waals surface area contributed by atoms with Gasteiger partial charge in [0, 0.05) is 33.4 Å². The number of nitrogens with zero attached hydrogens (tertiary/aromatic N) is 2. The number of hydrogen-bond acceptors (Lipinski definition) is 4. The second kappa shape index (κ2) is 7.02. The van der Waals surface area contributed by atoms with E-state index in [2.05, 4.69) is 21.1 Å². The number of rotatable bonds is 5. The van der Waals surface area contributed by atoms with E-state index < -0.39 is 5.82 Å². The molecule has 0 amide bonds. The Morgan fingerprint density at radius 1 is 1.48 bits per heavy atom. The highest BCUT2D eigenvalue weighted by Gasteiger charge is 2.13. The topological polar surface area (TPSA) is 61.8 Å². The highest BCUT2D eigenvalue weighted by Crippen LogP contribution is 2.22. The van der Waals surface area contributed by atoms with E-state index in [-0.39, 0.29) is 11.4 Å². The number of benzene rings is 1. The third-order valence-electron chi connectivity index (χ3n) is 2.95. The Labute approximate surface area is 134 Å². The van der Waals surface area contributed by atoms with Crippen molar-refractivity contribution in [1.82, 2.24) is 4.90 Å². The van der Waals surface area contributed by atoms with Crippen molar-refractivity contribution in [3.05, 3.63) is 55.9 Å². The largest absolute Gasteiger partial charge is 0.409 e. The molecule has 0 radical (unpaired) electrons. The van der Waals surface area contributed by atoms with Crippen LogP contribution in [0.3, 0.4) is 0 Å². The lowest BCUT2D eigenvalue weighted by Crippen LogP contribution is -2.20. The summed E-state index contributed by atoms with van der Waals surface area (Å²) in [5.74, 6) is -0.675. The van der Waals surface area contributed by atoms with Crippen molar-refractivity contribution in [3.63, 3.8) is 0 Å². The van der Waals surface area contributed by atoms with Crippen LogP contribution in [0, 0.1) is 5.82 Å². The van der Waals surface area contributed by atoms with Gasteiger partial charge in [-0.3, -0.25) is 4.90 Å². The lowest BCUT2D eigenvalue weighted by atomic mass is 10.1. The van der Waals surface area contributed by atoms with Gasteiger partial charge in [-0.25, -0.2) is 4.39 Å². The Morgan fingerprint density at radius 2 is 2.24 bits per heavy atom. The highest BCUT2D eigenvalue weighted by atomic mass is 79.9. The molecule has 7 heteroatoms. The van der Waals surface area contributed by atoms with Gasteiger partial charge < -0.3 is 10.9 Å². The van der Waals surface area contributed by atoms with E-state index in [9.17, 15) is 4.39 Å². The molecule has 1 aromatic carbocycles. The van der Waals surface area contributed by atoms with Gasteiger partial charge >= 0.3 is 0 Å². The lowest BCUT2D eigenvalue weighted by molar-refractivity contribution is 0.315. The molecule has 0 spiro atoms. The molecular weight excluding hydrogens is 357 g/mol. The van der Waals surface area contributed by atoms with Gasteiger partial charge in [-0.1, -0.05) is 17.3 Å². The fourth-order valence-electron chi connectivity index (χ4n) is 2.00. The van der Waals surface area contributed by atoms with Crippen LogP contribution in [0.15, 0.2) is 39.3 Å². The van der Waals surface area contributed by atoms with Crippen molar-refractivity contribution < 1.29 is 9.60 Å². The Morgan fingerprint density at radius 3 is 2.86 bits per heavy atom. The predicted octanol–water partition coefficient (Wildman–Crippen LogP) is 3.38. The van der Waals surface area contributed by atoms with Crippen molar-refractivity contribution in [2.45, 2.75) is 13.1 Å². The Hall–Kier alpha value is -1.44. The van der Waals surface area contributed by atoms with Crippen LogP contribution < -0.4 is 5.73 Å². The minimum Gasteiger partial charge on any atom is -0.409 e. The normalized spacial score (nSPS) is 12.1. The molecule has 2 rings (SSSR count). The average molecular weight is 372 g/mol. The van der Waals surface area contributed by atoms with E-state index in [1.165, 1.54) is 10.9 Å². The Balaban J connectivity index is 2.12. The monoisotopic (exact) mass is 371 g/mol. The molecule has 1 aromatic heterocycles. The lowest BCUT2D eigenvalue weighted by Gasteiger charge is -2.17. The van der Waals surface area contributed by atoms with E-state index in [1.54, 1.807) is 23.5 Å². The number of oxime groups is 1. The average Bonchev–Trinajstić information content (AvgIpc) is 2.85. The summed E-state index contributed by atoms with van der Waals surface area (Å²) in [7, 11) is 1.92. The van der Waals surface area contributed by atoms with Crippen LogP contribution >= 0.6 is 27.3 Å². The van der Waals surface area contributed by atoms with E-state index >= 15 is 0 Å². The van der Waals surface area contributed by atoms with Crippen LogP contribution in [0.1, 0.15) is 16.0 Å². The fraction of sp³-hybridized carbons (Fsp3) is 0.214. The van der Waals surface area contributed by atoms with Crippen molar-refractivity contribution >= 4 is 33.1 Å². The molecule has 0 atom stereocenters. The molecule has 0 saturated carbocycles. The van der Waals surface area contributed by atoms with Crippen LogP contribution in [-0.4, -0.2) is 23.0 Å². The third kappa shape index (κ3) is 4.03. The van der Waals surface area contributed by atoms with E-state index in [0.717, 1.165) is 11.0 Å². The zero-order chi connectivity index (χ0) is 15.4. The summed E-state index contributed by atoms with van der Waals surface area (Å²) in [6.45, 7) is 1.16. The van der Waals surface area contributed by atoms with Gasteiger partial charge in [0.15, 0.2) is 5.84 Å². The maximum absolute atomic E-state index is 14.3. The molecule has 0 saturated heterocycles. The second-order valence-electron chi connectivity index (χ2n) is 4.67. The highest BCUT2D eigenvalue weighted by molar-refractivity contribution is 9.10. The number of halogens is 2. The number of nitrogens with two attached hydrogens (primary N) is 1. The first-order valence-corrected chi connectivity index (χ1v) is 7.85. The molecule has 21 heavy (non-hydrogen) atoms. The molecule has 0 unspecified atom stereocenters. The molecule has 0 aliphatic heterocycles. The SMILES string of the molecule is CN(Cc1cc(Br)cs1)Cc1cccc(/C(N)=N/O)c1F. The smallest absolute Gasteiger partial charge is 0.173 e. The van der Waals surface area contributed by atoms with Crippen molar-refractivity contribution in [2.75, 3.05) is 7.05 Å². The van der Waals surface area contributed by atoms with Gasteiger partial charge in [-0.05, 0) is 35.1 Å². The molecule has 0 bridgehead atoms. The predicted molar refractivity (Wildman–Crippen MR) is 86.1 cm³/mol. The van der Waals surface area contributed by atoms with E-state index in [0.29, 0.717) is 12.1 Å². The standard InChI is InChI=1S/C14H15BrFN3OS/c1-19(7-11-5-10(15)8-21-11)6-9-3-2-4-12(13(9)16)14(17)18-20/h2-5,8,20H,6-7H2,1H3,(H2,17,18). The summed E-state index contributed by atoms with van der Waals surface area (Å²) in [5.41, 5.74) is 6.09. The first kappa shape index (κ1) is 15.9. The zero-order valence-corrected chi connectivity index (χ0v) is 13.8. The molecular formula is C14H15BrFN3OS. The summed E-state index contributed by atoms with van der Waals surface area (Å²) in [6.07, 6.45) is 0. The first-order valence-electron chi connectivity index (χ1n) is 6.18. The summed E-state index contributed by atoms with van der Waals surface area (Å²) in [4.78, 5) is 3.20. The van der Waals surface area contributed by atoms with Gasteiger partial charge in [-0.2, -0.15) is 0 Å². The van der Waals surface area contributed by atoms with Gasteiger partial charge in [0.1, 0.15) is 5.82 Å². The van der Waals surface area contributed by atoms with Crippen LogP contribution in [-0.2, 0) is 13.1 Å².